The molecule has 4 aromatic rings. The number of nitrogens with zero attached hydrogens (tertiary/aromatic N) is 5. The van der Waals surface area contributed by atoms with Crippen LogP contribution in [0.5, 0.6) is 0 Å². The van der Waals surface area contributed by atoms with Crippen molar-refractivity contribution in [3.8, 4) is 5.69 Å². The lowest BCUT2D eigenvalue weighted by atomic mass is 10.1. The van der Waals surface area contributed by atoms with E-state index < -0.39 is 0 Å². The van der Waals surface area contributed by atoms with Crippen molar-refractivity contribution < 1.29 is 0 Å². The molecule has 7 nitrogen and oxygen atoms in total. The number of benzene rings is 1. The zero-order valence-electron chi connectivity index (χ0n) is 14.2. The predicted octanol–water partition coefficient (Wildman–Crippen LogP) is 2.25. The van der Waals surface area contributed by atoms with Gasteiger partial charge in [0.05, 0.1) is 28.2 Å². The van der Waals surface area contributed by atoms with Gasteiger partial charge in [0.2, 0.25) is 0 Å². The highest BCUT2D eigenvalue weighted by atomic mass is 16.1. The van der Waals surface area contributed by atoms with Crippen LogP contribution in [0, 0.1) is 0 Å². The van der Waals surface area contributed by atoms with E-state index in [2.05, 4.69) is 37.2 Å². The molecule has 0 spiro atoms. The van der Waals surface area contributed by atoms with Crippen molar-refractivity contribution in [2.45, 2.75) is 19.4 Å². The van der Waals surface area contributed by atoms with Crippen molar-refractivity contribution in [1.29, 1.82) is 0 Å². The summed E-state index contributed by atoms with van der Waals surface area (Å²) in [7, 11) is 0. The Balaban J connectivity index is 1.63. The van der Waals surface area contributed by atoms with Gasteiger partial charge in [0.15, 0.2) is 5.65 Å². The maximum Gasteiger partial charge on any atom is 0.267 e. The second-order valence-electron chi connectivity index (χ2n) is 6.71. The van der Waals surface area contributed by atoms with Crippen LogP contribution in [0.4, 0.5) is 0 Å². The average Bonchev–Trinajstić information content (AvgIpc) is 3.35. The Bertz CT molecular complexity index is 1140. The summed E-state index contributed by atoms with van der Waals surface area (Å²) >= 11 is 0. The molecule has 0 saturated carbocycles. The van der Waals surface area contributed by atoms with Gasteiger partial charge in [0.1, 0.15) is 6.33 Å². The molecule has 1 fully saturated rings. The molecule has 3 aromatic heterocycles. The molecule has 0 radical (unpaired) electrons. The number of hydrogen-bond donors (Lipinski definition) is 1. The van der Waals surface area contributed by atoms with E-state index in [4.69, 9.17) is 0 Å². The van der Waals surface area contributed by atoms with Crippen LogP contribution in [0.3, 0.4) is 0 Å². The van der Waals surface area contributed by atoms with Gasteiger partial charge in [-0.25, -0.2) is 9.97 Å². The number of likely N-dealkylation sites (tertiary alicyclic amines) is 1. The monoisotopic (exact) mass is 346 g/mol. The molecule has 1 aromatic carbocycles. The van der Waals surface area contributed by atoms with E-state index in [-0.39, 0.29) is 5.56 Å². The van der Waals surface area contributed by atoms with Gasteiger partial charge < -0.3 is 0 Å². The number of hydrogen-bond acceptors (Lipinski definition) is 5. The molecule has 4 heterocycles. The van der Waals surface area contributed by atoms with Crippen LogP contribution in [0.15, 0.2) is 47.8 Å². The van der Waals surface area contributed by atoms with Crippen molar-refractivity contribution in [3.05, 3.63) is 58.9 Å². The first kappa shape index (κ1) is 15.2. The smallest absolute Gasteiger partial charge is 0.267 e. The van der Waals surface area contributed by atoms with Crippen LogP contribution in [0.1, 0.15) is 18.4 Å². The minimum Gasteiger partial charge on any atom is -0.299 e. The normalized spacial score (nSPS) is 15.2. The van der Waals surface area contributed by atoms with Crippen LogP contribution in [0.25, 0.3) is 27.6 Å². The standard InChI is InChI=1S/C19H18N6O/c26-19-16-10-22-23-17(16)15-9-20-12-21-18(15)25(19)14-5-3-13(4-6-14)11-24-7-1-2-8-24/h3-6,9-10,12H,1-2,7-8,11H2,(H,22,23). The lowest BCUT2D eigenvalue weighted by molar-refractivity contribution is 0.331. The Morgan fingerprint density at radius 2 is 1.85 bits per heavy atom. The fraction of sp³-hybridized carbons (Fsp3) is 0.263. The Morgan fingerprint density at radius 1 is 1.04 bits per heavy atom. The molecule has 7 heteroatoms. The number of fused-ring (bicyclic) bond motifs is 3. The first-order valence-corrected chi connectivity index (χ1v) is 8.81. The summed E-state index contributed by atoms with van der Waals surface area (Å²) in [6.07, 6.45) is 7.29. The van der Waals surface area contributed by atoms with E-state index >= 15 is 0 Å². The Labute approximate surface area is 149 Å². The first-order valence-electron chi connectivity index (χ1n) is 8.81. The van der Waals surface area contributed by atoms with Gasteiger partial charge in [-0.2, -0.15) is 5.10 Å². The molecule has 0 atom stereocenters. The lowest BCUT2D eigenvalue weighted by Crippen LogP contribution is -2.20. The predicted molar refractivity (Wildman–Crippen MR) is 99.3 cm³/mol. The molecular weight excluding hydrogens is 328 g/mol. The fourth-order valence-corrected chi connectivity index (χ4v) is 3.74. The Kier molecular flexibility index (Phi) is 3.53. The highest BCUT2D eigenvalue weighted by Gasteiger charge is 2.15. The van der Waals surface area contributed by atoms with Crippen molar-refractivity contribution in [3.63, 3.8) is 0 Å². The summed E-state index contributed by atoms with van der Waals surface area (Å²) in [5.41, 5.74) is 3.17. The maximum atomic E-state index is 13.0. The molecule has 1 aliphatic rings. The van der Waals surface area contributed by atoms with Crippen LogP contribution in [-0.4, -0.2) is 42.7 Å². The van der Waals surface area contributed by atoms with Gasteiger partial charge in [-0.05, 0) is 43.6 Å². The third kappa shape index (κ3) is 2.40. The molecule has 26 heavy (non-hydrogen) atoms. The number of H-pyrrole nitrogens is 1. The molecule has 0 aliphatic carbocycles. The van der Waals surface area contributed by atoms with Gasteiger partial charge in [0.25, 0.3) is 5.56 Å². The minimum absolute atomic E-state index is 0.132. The van der Waals surface area contributed by atoms with Crippen LogP contribution in [-0.2, 0) is 6.54 Å². The number of aromatic nitrogens is 5. The van der Waals surface area contributed by atoms with Gasteiger partial charge in [-0.1, -0.05) is 12.1 Å². The van der Waals surface area contributed by atoms with Crippen LogP contribution >= 0.6 is 0 Å². The third-order valence-electron chi connectivity index (χ3n) is 5.04. The zero-order valence-corrected chi connectivity index (χ0v) is 14.2. The number of rotatable bonds is 3. The van der Waals surface area contributed by atoms with Gasteiger partial charge in [-0.15, -0.1) is 0 Å². The first-order chi connectivity index (χ1) is 12.8. The molecule has 1 N–H and O–H groups in total. The number of pyridine rings is 1. The average molecular weight is 346 g/mol. The topological polar surface area (TPSA) is 79.7 Å². The SMILES string of the molecule is O=c1c2cn[nH]c2c2cncnc2n1-c1ccc(CN2CCCC2)cc1. The van der Waals surface area contributed by atoms with E-state index in [0.29, 0.717) is 16.6 Å². The lowest BCUT2D eigenvalue weighted by Gasteiger charge is -2.15. The molecular formula is C19H18N6O. The highest BCUT2D eigenvalue weighted by molar-refractivity contribution is 6.01. The van der Waals surface area contributed by atoms with E-state index in [1.807, 2.05) is 12.1 Å². The molecule has 0 unspecified atom stereocenters. The van der Waals surface area contributed by atoms with Gasteiger partial charge in [-0.3, -0.25) is 19.4 Å². The number of aromatic amines is 1. The minimum atomic E-state index is -0.132. The summed E-state index contributed by atoms with van der Waals surface area (Å²) in [4.78, 5) is 23.9. The van der Waals surface area contributed by atoms with E-state index in [0.717, 1.165) is 17.6 Å². The number of nitrogens with one attached hydrogen (secondary N) is 1. The zero-order chi connectivity index (χ0) is 17.5. The van der Waals surface area contributed by atoms with E-state index in [9.17, 15) is 4.79 Å². The molecule has 1 saturated heterocycles. The third-order valence-corrected chi connectivity index (χ3v) is 5.04. The summed E-state index contributed by atoms with van der Waals surface area (Å²) in [6.45, 7) is 3.29. The fourth-order valence-electron chi connectivity index (χ4n) is 3.74. The summed E-state index contributed by atoms with van der Waals surface area (Å²) in [5, 5.41) is 8.22. The van der Waals surface area contributed by atoms with E-state index in [1.165, 1.54) is 37.8 Å². The maximum absolute atomic E-state index is 13.0. The summed E-state index contributed by atoms with van der Waals surface area (Å²) in [6, 6.07) is 8.15. The quantitative estimate of drug-likeness (QED) is 0.615. The summed E-state index contributed by atoms with van der Waals surface area (Å²) in [5.74, 6) is 0. The van der Waals surface area contributed by atoms with Crippen molar-refractivity contribution in [1.82, 2.24) is 29.6 Å². The summed E-state index contributed by atoms with van der Waals surface area (Å²) < 4.78 is 1.63. The second kappa shape index (κ2) is 6.03. The van der Waals surface area contributed by atoms with Gasteiger partial charge >= 0.3 is 0 Å². The molecule has 0 bridgehead atoms. The molecule has 1 aliphatic heterocycles. The van der Waals surface area contributed by atoms with Gasteiger partial charge in [0, 0.05) is 12.7 Å². The van der Waals surface area contributed by atoms with Crippen LogP contribution < -0.4 is 5.56 Å². The molecule has 0 amide bonds. The largest absolute Gasteiger partial charge is 0.299 e. The van der Waals surface area contributed by atoms with Crippen molar-refractivity contribution >= 4 is 21.9 Å². The van der Waals surface area contributed by atoms with Crippen molar-refractivity contribution in [2.75, 3.05) is 13.1 Å². The van der Waals surface area contributed by atoms with Crippen molar-refractivity contribution in [2.24, 2.45) is 0 Å². The Morgan fingerprint density at radius 3 is 2.65 bits per heavy atom. The van der Waals surface area contributed by atoms with E-state index in [1.54, 1.807) is 17.0 Å². The highest BCUT2D eigenvalue weighted by Crippen LogP contribution is 2.21. The molecule has 130 valence electrons. The second-order valence-corrected chi connectivity index (χ2v) is 6.71. The Hall–Kier alpha value is -3.06. The van der Waals surface area contributed by atoms with Crippen LogP contribution in [0.2, 0.25) is 0 Å². The molecule has 5 rings (SSSR count).